The van der Waals surface area contributed by atoms with Crippen LogP contribution in [0.25, 0.3) is 10.9 Å². The molecule has 0 aromatic carbocycles. The molecule has 3 nitrogen and oxygen atoms in total. The molecule has 7 heteroatoms. The molecular weight excluding hydrogens is 525 g/mol. The predicted octanol–water partition coefficient (Wildman–Crippen LogP) is 7.55. The first-order valence-electron chi connectivity index (χ1n) is 12.0. The summed E-state index contributed by atoms with van der Waals surface area (Å²) in [4.78, 5) is 4.63. The average Bonchev–Trinajstić information content (AvgIpc) is 3.45. The first-order valence-corrected chi connectivity index (χ1v) is 19.3. The van der Waals surface area contributed by atoms with Gasteiger partial charge in [0.2, 0.25) is 0 Å². The molecule has 1 aromatic heterocycles. The van der Waals surface area contributed by atoms with Gasteiger partial charge in [0.1, 0.15) is 8.24 Å². The Morgan fingerprint density at radius 2 is 1.51 bits per heavy atom. The van der Waals surface area contributed by atoms with Crippen molar-refractivity contribution in [3.05, 3.63) is 110 Å². The van der Waals surface area contributed by atoms with Gasteiger partial charge in [-0.15, -0.1) is 6.67 Å². The fraction of sp³-hybridized carbons (Fsp3) is 0.357. The van der Waals surface area contributed by atoms with Gasteiger partial charge in [0.05, 0.1) is 5.69 Å². The summed E-state index contributed by atoms with van der Waals surface area (Å²) in [5.41, 5.74) is 3.02. The fourth-order valence-corrected chi connectivity index (χ4v) is 11.3. The van der Waals surface area contributed by atoms with E-state index in [4.69, 9.17) is 23.9 Å². The van der Waals surface area contributed by atoms with E-state index in [9.17, 15) is 0 Å². The predicted molar refractivity (Wildman–Crippen MR) is 149 cm³/mol. The van der Waals surface area contributed by atoms with Crippen LogP contribution in [0.5, 0.6) is 0 Å². The van der Waals surface area contributed by atoms with Crippen molar-refractivity contribution in [2.24, 2.45) is 23.7 Å². The van der Waals surface area contributed by atoms with Crippen molar-refractivity contribution in [1.82, 2.24) is 9.55 Å². The number of allylic oxidation sites excluding steroid dienone is 10. The van der Waals surface area contributed by atoms with Gasteiger partial charge in [0.25, 0.3) is 0 Å². The van der Waals surface area contributed by atoms with Gasteiger partial charge in [-0.2, -0.15) is 0 Å². The molecule has 0 amide bonds. The van der Waals surface area contributed by atoms with Crippen molar-refractivity contribution < 1.29 is 17.0 Å². The number of fused-ring (bicyclic) bond motifs is 4. The quantitative estimate of drug-likeness (QED) is 0.283. The second kappa shape index (κ2) is 11.6. The Bertz CT molecular complexity index is 1030. The Morgan fingerprint density at radius 3 is 2.09 bits per heavy atom. The van der Waals surface area contributed by atoms with Crippen molar-refractivity contribution in [2.45, 2.75) is 30.7 Å². The third-order valence-corrected chi connectivity index (χ3v) is 12.6. The van der Waals surface area contributed by atoms with Crippen LogP contribution in [0.1, 0.15) is 5.69 Å². The first kappa shape index (κ1) is 27.1. The van der Waals surface area contributed by atoms with E-state index in [-0.39, 0.29) is 13.5 Å². The van der Waals surface area contributed by atoms with E-state index in [2.05, 4.69) is 102 Å². The Hall–Kier alpha value is -0.979. The second-order valence-electron chi connectivity index (χ2n) is 10.1. The zero-order chi connectivity index (χ0) is 23.7. The molecule has 0 radical (unpaired) electrons. The molecule has 35 heavy (non-hydrogen) atoms. The molecule has 0 N–H and O–H groups in total. The number of pyridine rings is 1. The third kappa shape index (κ3) is 4.96. The van der Waals surface area contributed by atoms with Gasteiger partial charge in [-0.05, 0) is 46.9 Å². The zero-order valence-corrected chi connectivity index (χ0v) is 24.6. The molecule has 2 heterocycles. The molecule has 6 rings (SSSR count). The maximum absolute atomic E-state index is 5.18. The third-order valence-electron chi connectivity index (χ3n) is 8.25. The number of aromatic nitrogens is 1. The van der Waals surface area contributed by atoms with Crippen LogP contribution in [-0.4, -0.2) is 36.5 Å². The van der Waals surface area contributed by atoms with Crippen LogP contribution in [0.15, 0.2) is 91.2 Å². The van der Waals surface area contributed by atoms with Crippen LogP contribution in [0, 0.1) is 31.1 Å². The summed E-state index contributed by atoms with van der Waals surface area (Å²) in [6.07, 6.45) is 27.8. The molecule has 1 saturated heterocycles. The van der Waals surface area contributed by atoms with E-state index in [1.165, 1.54) is 5.57 Å². The molecule has 4 aliphatic carbocycles. The molecule has 2 fully saturated rings. The van der Waals surface area contributed by atoms with E-state index in [1.54, 1.807) is 0 Å². The van der Waals surface area contributed by atoms with Crippen LogP contribution >= 0.6 is 18.6 Å². The molecule has 0 spiro atoms. The average molecular weight is 558 g/mol. The molecule has 1 aliphatic heterocycles. The minimum absolute atomic E-state index is 0. The van der Waals surface area contributed by atoms with Crippen molar-refractivity contribution in [3.8, 4) is 0 Å². The molecule has 184 valence electrons. The maximum atomic E-state index is 5.18. The Balaban J connectivity index is 0.000000689. The van der Waals surface area contributed by atoms with Crippen LogP contribution < -0.4 is 0 Å². The SMILES string of the molecule is C[Si](C)(C1C2C=CC=CC2C2C=CC=CC21)N1C[N-]C2C(c3ccccn3)=CC=C[C@H]21.[CH3-].[Cl][Ti][Cl]. The second-order valence-corrected chi connectivity index (χ2v) is 17.2. The standard InChI is InChI=1S/C27H30N3Si.CH3.2ClH.Ti/c1-31(2,27-21-12-5-3-10-19(21)20-11-4-6-13-22(20)27)30-18-29-26-23(14-9-16-25(26)30)24-15-7-8-17-28-24;;;;/h3-17,19-22,25-27H,18H2,1-2H3;1H3;2*1H;/q2*-1;;;+2/p-2/t19?,20?,21?,22?,25-,26?,27?;;;;/m1..../s1. The first-order chi connectivity index (χ1) is 16.6. The molecule has 5 unspecified atom stereocenters. The fourth-order valence-electron chi connectivity index (χ4n) is 6.91. The van der Waals surface area contributed by atoms with Gasteiger partial charge in [-0.1, -0.05) is 92.0 Å². The molecule has 6 atom stereocenters. The van der Waals surface area contributed by atoms with Gasteiger partial charge in [-0.3, -0.25) is 4.98 Å². The van der Waals surface area contributed by atoms with Crippen LogP contribution in [0.2, 0.25) is 18.6 Å². The van der Waals surface area contributed by atoms with E-state index in [0.717, 1.165) is 12.4 Å². The topological polar surface area (TPSA) is 30.2 Å². The zero-order valence-electron chi connectivity index (χ0n) is 20.5. The Kier molecular flexibility index (Phi) is 8.97. The number of halogens is 2. The number of hydrogen-bond donors (Lipinski definition) is 0. The van der Waals surface area contributed by atoms with Crippen molar-refractivity contribution >= 4 is 32.4 Å². The van der Waals surface area contributed by atoms with Gasteiger partial charge in [-0.25, -0.2) is 0 Å². The molecular formula is C28H33Cl2N3SiTi-2. The van der Waals surface area contributed by atoms with E-state index in [1.807, 2.05) is 12.3 Å². The van der Waals surface area contributed by atoms with Crippen LogP contribution in [0.4, 0.5) is 0 Å². The van der Waals surface area contributed by atoms with Crippen molar-refractivity contribution in [1.29, 1.82) is 0 Å². The molecule has 0 bridgehead atoms. The molecule has 1 aromatic rings. The van der Waals surface area contributed by atoms with Gasteiger partial charge < -0.3 is 17.3 Å². The number of nitrogens with zero attached hydrogens (tertiary/aromatic N) is 3. The summed E-state index contributed by atoms with van der Waals surface area (Å²) >= 11 is -0.556. The van der Waals surface area contributed by atoms with E-state index >= 15 is 0 Å². The molecule has 1 saturated carbocycles. The van der Waals surface area contributed by atoms with Gasteiger partial charge in [0, 0.05) is 12.2 Å². The Labute approximate surface area is 228 Å². The monoisotopic (exact) mass is 557 g/mol. The minimum atomic E-state index is -1.82. The van der Waals surface area contributed by atoms with Gasteiger partial charge >= 0.3 is 35.6 Å². The summed E-state index contributed by atoms with van der Waals surface area (Å²) in [5.74, 6) is 2.53. The van der Waals surface area contributed by atoms with Crippen molar-refractivity contribution in [3.63, 3.8) is 0 Å². The number of hydrogen-bond acceptors (Lipinski definition) is 2. The van der Waals surface area contributed by atoms with Gasteiger partial charge in [0.15, 0.2) is 0 Å². The molecule has 5 aliphatic rings. The van der Waals surface area contributed by atoms with Crippen LogP contribution in [-0.2, 0) is 17.0 Å². The normalized spacial score (nSPS) is 34.2. The van der Waals surface area contributed by atoms with Crippen LogP contribution in [0.3, 0.4) is 0 Å². The summed E-state index contributed by atoms with van der Waals surface area (Å²) in [5, 5.41) is 5.18. The summed E-state index contributed by atoms with van der Waals surface area (Å²) in [6, 6.07) is 6.73. The summed E-state index contributed by atoms with van der Waals surface area (Å²) in [6.45, 7) is 6.04. The summed E-state index contributed by atoms with van der Waals surface area (Å²) < 4.78 is 2.80. The van der Waals surface area contributed by atoms with Crippen molar-refractivity contribution in [2.75, 3.05) is 6.67 Å². The van der Waals surface area contributed by atoms with E-state index < -0.39 is 25.3 Å². The number of rotatable bonds is 3. The Morgan fingerprint density at radius 1 is 0.914 bits per heavy atom. The van der Waals surface area contributed by atoms with E-state index in [0.29, 0.717) is 35.3 Å². The summed E-state index contributed by atoms with van der Waals surface area (Å²) in [7, 11) is 7.96.